The third kappa shape index (κ3) is 5.90. The maximum Gasteiger partial charge on any atom is 0.271 e. The second-order valence-corrected chi connectivity index (χ2v) is 7.24. The van der Waals surface area contributed by atoms with E-state index in [0.717, 1.165) is 16.9 Å². The van der Waals surface area contributed by atoms with Crippen molar-refractivity contribution in [1.29, 1.82) is 0 Å². The Kier molecular flexibility index (Phi) is 8.11. The van der Waals surface area contributed by atoms with E-state index in [0.29, 0.717) is 31.0 Å². The average Bonchev–Trinajstić information content (AvgIpc) is 2.72. The zero-order valence-corrected chi connectivity index (χ0v) is 18.0. The molecule has 2 amide bonds. The van der Waals surface area contributed by atoms with Crippen molar-refractivity contribution in [1.82, 2.24) is 15.3 Å². The van der Waals surface area contributed by atoms with Crippen molar-refractivity contribution in [3.63, 3.8) is 0 Å². The Morgan fingerprint density at radius 2 is 1.97 bits per heavy atom. The first-order valence-corrected chi connectivity index (χ1v) is 10.0. The van der Waals surface area contributed by atoms with Gasteiger partial charge >= 0.3 is 0 Å². The molecule has 0 aliphatic heterocycles. The Balaban J connectivity index is 2.32. The molecule has 162 valence electrons. The van der Waals surface area contributed by atoms with E-state index in [1.165, 1.54) is 0 Å². The summed E-state index contributed by atoms with van der Waals surface area (Å²) in [4.78, 5) is 34.5. The van der Waals surface area contributed by atoms with Crippen molar-refractivity contribution in [3.8, 4) is 0 Å². The van der Waals surface area contributed by atoms with E-state index in [-0.39, 0.29) is 24.2 Å². The van der Waals surface area contributed by atoms with Gasteiger partial charge in [-0.25, -0.2) is 9.97 Å². The van der Waals surface area contributed by atoms with E-state index in [1.807, 2.05) is 43.1 Å². The normalized spacial score (nSPS) is 10.7. The van der Waals surface area contributed by atoms with Crippen LogP contribution in [0.4, 0.5) is 17.3 Å². The van der Waals surface area contributed by atoms with Crippen LogP contribution >= 0.6 is 0 Å². The van der Waals surface area contributed by atoms with Gasteiger partial charge in [0.1, 0.15) is 0 Å². The summed E-state index contributed by atoms with van der Waals surface area (Å²) in [5, 5.41) is 5.93. The molecule has 9 nitrogen and oxygen atoms in total. The van der Waals surface area contributed by atoms with E-state index in [4.69, 9.17) is 11.5 Å². The molecule has 0 atom stereocenters. The lowest BCUT2D eigenvalue weighted by atomic mass is 10.1. The number of hydrogen-bond acceptors (Lipinski definition) is 7. The van der Waals surface area contributed by atoms with Gasteiger partial charge in [0, 0.05) is 25.3 Å². The first kappa shape index (κ1) is 23.1. The second-order valence-electron chi connectivity index (χ2n) is 7.24. The predicted octanol–water partition coefficient (Wildman–Crippen LogP) is 1.34. The predicted molar refractivity (Wildman–Crippen MR) is 119 cm³/mol. The minimum atomic E-state index is -0.640. The Morgan fingerprint density at radius 3 is 2.57 bits per heavy atom. The lowest BCUT2D eigenvalue weighted by Crippen LogP contribution is -2.31. The Labute approximate surface area is 177 Å². The molecule has 0 saturated carbocycles. The van der Waals surface area contributed by atoms with Crippen LogP contribution in [0.2, 0.25) is 0 Å². The maximum absolute atomic E-state index is 12.0. The SMILES string of the molecule is CCc1nc(C(N)=O)c(Nc2cccc(CCNC(=O)CN)c2)nc1N(C)C(C)C. The minimum Gasteiger partial charge on any atom is -0.364 e. The monoisotopic (exact) mass is 413 g/mol. The van der Waals surface area contributed by atoms with Gasteiger partial charge in [-0.2, -0.15) is 0 Å². The molecule has 0 saturated heterocycles. The summed E-state index contributed by atoms with van der Waals surface area (Å²) in [5.41, 5.74) is 13.4. The maximum atomic E-state index is 12.0. The molecule has 0 bridgehead atoms. The highest BCUT2D eigenvalue weighted by Crippen LogP contribution is 2.25. The van der Waals surface area contributed by atoms with Gasteiger partial charge in [-0.3, -0.25) is 9.59 Å². The summed E-state index contributed by atoms with van der Waals surface area (Å²) >= 11 is 0. The van der Waals surface area contributed by atoms with Crippen molar-refractivity contribution in [3.05, 3.63) is 41.2 Å². The zero-order chi connectivity index (χ0) is 22.3. The number of nitrogens with two attached hydrogens (primary N) is 2. The van der Waals surface area contributed by atoms with Crippen LogP contribution < -0.4 is 27.0 Å². The van der Waals surface area contributed by atoms with Crippen LogP contribution in [0.5, 0.6) is 0 Å². The number of rotatable bonds is 10. The summed E-state index contributed by atoms with van der Waals surface area (Å²) < 4.78 is 0. The molecule has 0 aliphatic rings. The summed E-state index contributed by atoms with van der Waals surface area (Å²) in [6, 6.07) is 7.86. The minimum absolute atomic E-state index is 0.0307. The number of primary amides is 1. The van der Waals surface area contributed by atoms with Crippen LogP contribution in [0, 0.1) is 0 Å². The van der Waals surface area contributed by atoms with Gasteiger partial charge in [0.25, 0.3) is 5.91 Å². The average molecular weight is 414 g/mol. The number of hydrogen-bond donors (Lipinski definition) is 4. The summed E-state index contributed by atoms with van der Waals surface area (Å²) in [7, 11) is 1.94. The number of nitrogens with zero attached hydrogens (tertiary/aromatic N) is 3. The summed E-state index contributed by atoms with van der Waals surface area (Å²) in [6.45, 7) is 6.54. The fourth-order valence-electron chi connectivity index (χ4n) is 2.84. The molecule has 9 heteroatoms. The van der Waals surface area contributed by atoms with Crippen molar-refractivity contribution in [2.24, 2.45) is 11.5 Å². The molecular weight excluding hydrogens is 382 g/mol. The number of carbonyl (C=O) groups is 2. The van der Waals surface area contributed by atoms with Crippen LogP contribution in [0.1, 0.15) is 42.5 Å². The lowest BCUT2D eigenvalue weighted by molar-refractivity contribution is -0.119. The van der Waals surface area contributed by atoms with Crippen LogP contribution in [0.25, 0.3) is 0 Å². The molecule has 0 spiro atoms. The standard InChI is InChI=1S/C21H31N7O2/c1-5-16-21(28(4)13(2)3)27-20(18(26-16)19(23)30)25-15-8-6-7-14(11-15)9-10-24-17(29)12-22/h6-8,11,13H,5,9-10,12,22H2,1-4H3,(H2,23,30)(H,24,29)(H,25,27). The number of aryl methyl sites for hydroxylation is 1. The number of benzene rings is 1. The zero-order valence-electron chi connectivity index (χ0n) is 18.0. The molecule has 30 heavy (non-hydrogen) atoms. The van der Waals surface area contributed by atoms with Crippen LogP contribution in [0.3, 0.4) is 0 Å². The lowest BCUT2D eigenvalue weighted by Gasteiger charge is -2.25. The third-order valence-corrected chi connectivity index (χ3v) is 4.73. The highest BCUT2D eigenvalue weighted by atomic mass is 16.2. The number of carbonyl (C=O) groups excluding carboxylic acids is 2. The van der Waals surface area contributed by atoms with Crippen LogP contribution in [-0.2, 0) is 17.6 Å². The van der Waals surface area contributed by atoms with E-state index < -0.39 is 5.91 Å². The Morgan fingerprint density at radius 1 is 1.23 bits per heavy atom. The highest BCUT2D eigenvalue weighted by Gasteiger charge is 2.20. The van der Waals surface area contributed by atoms with E-state index in [1.54, 1.807) is 0 Å². The van der Waals surface area contributed by atoms with Gasteiger partial charge in [0.05, 0.1) is 12.2 Å². The van der Waals surface area contributed by atoms with Crippen molar-refractivity contribution >= 4 is 29.1 Å². The largest absolute Gasteiger partial charge is 0.364 e. The molecular formula is C21H31N7O2. The van der Waals surface area contributed by atoms with Crippen molar-refractivity contribution in [2.45, 2.75) is 39.7 Å². The molecule has 0 fully saturated rings. The first-order valence-electron chi connectivity index (χ1n) is 10.0. The number of anilines is 3. The second kappa shape index (κ2) is 10.5. The number of amides is 2. The fraction of sp³-hybridized carbons (Fsp3) is 0.429. The smallest absolute Gasteiger partial charge is 0.271 e. The fourth-order valence-corrected chi connectivity index (χ4v) is 2.84. The quantitative estimate of drug-likeness (QED) is 0.461. The van der Waals surface area contributed by atoms with Gasteiger partial charge in [-0.15, -0.1) is 0 Å². The third-order valence-electron chi connectivity index (χ3n) is 4.73. The number of nitrogens with one attached hydrogen (secondary N) is 2. The molecule has 1 aromatic carbocycles. The molecule has 6 N–H and O–H groups in total. The Bertz CT molecular complexity index is 899. The molecule has 2 aromatic rings. The summed E-state index contributed by atoms with van der Waals surface area (Å²) in [6.07, 6.45) is 1.27. The molecule has 2 rings (SSSR count). The van der Waals surface area contributed by atoms with Crippen molar-refractivity contribution < 1.29 is 9.59 Å². The van der Waals surface area contributed by atoms with Gasteiger partial charge in [-0.1, -0.05) is 19.1 Å². The topological polar surface area (TPSA) is 139 Å². The number of aromatic nitrogens is 2. The van der Waals surface area contributed by atoms with Gasteiger partial charge in [-0.05, 0) is 44.4 Å². The Hall–Kier alpha value is -3.20. The molecule has 1 aromatic heterocycles. The van der Waals surface area contributed by atoms with Crippen LogP contribution in [0.15, 0.2) is 24.3 Å². The van der Waals surface area contributed by atoms with Gasteiger partial charge < -0.3 is 27.0 Å². The molecule has 0 unspecified atom stereocenters. The van der Waals surface area contributed by atoms with Gasteiger partial charge in [0.2, 0.25) is 5.91 Å². The molecule has 0 aliphatic carbocycles. The van der Waals surface area contributed by atoms with E-state index in [2.05, 4.69) is 34.4 Å². The highest BCUT2D eigenvalue weighted by molar-refractivity contribution is 5.96. The van der Waals surface area contributed by atoms with E-state index in [9.17, 15) is 9.59 Å². The molecule has 1 heterocycles. The van der Waals surface area contributed by atoms with Gasteiger partial charge in [0.15, 0.2) is 17.3 Å². The molecule has 0 radical (unpaired) electrons. The van der Waals surface area contributed by atoms with Crippen molar-refractivity contribution in [2.75, 3.05) is 30.4 Å². The van der Waals surface area contributed by atoms with Crippen LogP contribution in [-0.4, -0.2) is 48.0 Å². The summed E-state index contributed by atoms with van der Waals surface area (Å²) in [5.74, 6) is 0.194. The van der Waals surface area contributed by atoms with E-state index >= 15 is 0 Å². The first-order chi connectivity index (χ1) is 14.3.